The number of para-hydroxylation sites is 2. The van der Waals surface area contributed by atoms with Gasteiger partial charge in [0.1, 0.15) is 16.6 Å². The summed E-state index contributed by atoms with van der Waals surface area (Å²) in [4.78, 5) is 30.8. The molecule has 0 saturated carbocycles. The molecule has 28 heavy (non-hydrogen) atoms. The number of benzene rings is 1. The number of anilines is 2. The topological polar surface area (TPSA) is 71.5 Å². The highest BCUT2D eigenvalue weighted by molar-refractivity contribution is 7.20. The summed E-state index contributed by atoms with van der Waals surface area (Å²) in [6.07, 6.45) is -0.653. The van der Waals surface area contributed by atoms with E-state index in [-0.39, 0.29) is 18.4 Å². The summed E-state index contributed by atoms with van der Waals surface area (Å²) in [5, 5.41) is 4.94. The predicted octanol–water partition coefficient (Wildman–Crippen LogP) is 4.93. The Balaban J connectivity index is 1.49. The fourth-order valence-corrected chi connectivity index (χ4v) is 5.00. The number of thiazole rings is 1. The Morgan fingerprint density at radius 3 is 2.89 bits per heavy atom. The van der Waals surface area contributed by atoms with E-state index in [9.17, 15) is 9.59 Å². The van der Waals surface area contributed by atoms with Crippen molar-refractivity contribution in [3.05, 3.63) is 44.4 Å². The molecule has 0 fully saturated rings. The van der Waals surface area contributed by atoms with Crippen LogP contribution in [0.25, 0.3) is 11.3 Å². The highest BCUT2D eigenvalue weighted by Crippen LogP contribution is 2.39. The van der Waals surface area contributed by atoms with Gasteiger partial charge in [-0.05, 0) is 25.1 Å². The van der Waals surface area contributed by atoms with Gasteiger partial charge in [-0.2, -0.15) is 0 Å². The second-order valence-electron chi connectivity index (χ2n) is 5.98. The van der Waals surface area contributed by atoms with Crippen LogP contribution in [0.15, 0.2) is 35.7 Å². The number of halogens is 2. The Kier molecular flexibility index (Phi) is 5.29. The van der Waals surface area contributed by atoms with Gasteiger partial charge >= 0.3 is 0 Å². The molecular weight excluding hydrogens is 441 g/mol. The quantitative estimate of drug-likeness (QED) is 0.607. The smallest absolute Gasteiger partial charge is 0.268 e. The molecule has 10 heteroatoms. The van der Waals surface area contributed by atoms with Crippen LogP contribution < -0.4 is 15.0 Å². The Morgan fingerprint density at radius 1 is 1.36 bits per heavy atom. The normalized spacial score (nSPS) is 15.9. The highest BCUT2D eigenvalue weighted by Gasteiger charge is 2.32. The van der Waals surface area contributed by atoms with Gasteiger partial charge in [0.05, 0.1) is 15.7 Å². The van der Waals surface area contributed by atoms with E-state index in [4.69, 9.17) is 27.9 Å². The van der Waals surface area contributed by atoms with Gasteiger partial charge < -0.3 is 10.1 Å². The number of thiophene rings is 1. The maximum atomic E-state index is 12.5. The molecule has 1 aliphatic heterocycles. The van der Waals surface area contributed by atoms with Crippen molar-refractivity contribution in [2.45, 2.75) is 13.0 Å². The number of hydrogen-bond donors (Lipinski definition) is 1. The third kappa shape index (κ3) is 3.73. The van der Waals surface area contributed by atoms with E-state index in [0.717, 1.165) is 5.56 Å². The van der Waals surface area contributed by atoms with E-state index in [1.54, 1.807) is 36.6 Å². The minimum Gasteiger partial charge on any atom is -0.479 e. The van der Waals surface area contributed by atoms with Crippen molar-refractivity contribution in [3.63, 3.8) is 0 Å². The summed E-state index contributed by atoms with van der Waals surface area (Å²) in [5.41, 5.74) is 1.93. The maximum absolute atomic E-state index is 12.5. The van der Waals surface area contributed by atoms with Gasteiger partial charge in [-0.3, -0.25) is 14.5 Å². The number of rotatable bonds is 4. The lowest BCUT2D eigenvalue weighted by atomic mass is 10.2. The van der Waals surface area contributed by atoms with Crippen molar-refractivity contribution >= 4 is 68.5 Å². The van der Waals surface area contributed by atoms with E-state index in [1.165, 1.54) is 27.6 Å². The molecule has 0 spiro atoms. The van der Waals surface area contributed by atoms with Crippen LogP contribution in [0.3, 0.4) is 0 Å². The number of carbonyl (C=O) groups excluding carboxylic acids is 2. The van der Waals surface area contributed by atoms with Crippen molar-refractivity contribution in [1.82, 2.24) is 4.98 Å². The van der Waals surface area contributed by atoms with Crippen molar-refractivity contribution in [3.8, 4) is 17.0 Å². The SMILES string of the molecule is C[C@H]1Oc2ccccc2N(CC(=O)Nc2nc(-c3cc(Cl)sc3Cl)cs2)C1=O. The number of hydrogen-bond acceptors (Lipinski definition) is 6. The molecule has 4 rings (SSSR count). The number of aromatic nitrogens is 1. The monoisotopic (exact) mass is 453 g/mol. The third-order valence-electron chi connectivity index (χ3n) is 4.06. The molecule has 1 aromatic carbocycles. The molecule has 3 heterocycles. The first kappa shape index (κ1) is 19.2. The molecule has 1 N–H and O–H groups in total. The van der Waals surface area contributed by atoms with Crippen LogP contribution in [0, 0.1) is 0 Å². The van der Waals surface area contributed by atoms with Crippen LogP contribution in [-0.2, 0) is 9.59 Å². The Labute approximate surface area is 178 Å². The second-order valence-corrected chi connectivity index (χ2v) is 9.12. The van der Waals surface area contributed by atoms with Gasteiger partial charge in [-0.25, -0.2) is 4.98 Å². The van der Waals surface area contributed by atoms with Gasteiger partial charge in [0.2, 0.25) is 5.91 Å². The van der Waals surface area contributed by atoms with Gasteiger partial charge in [-0.1, -0.05) is 35.3 Å². The van der Waals surface area contributed by atoms with Crippen LogP contribution in [0.2, 0.25) is 8.67 Å². The number of amides is 2. The summed E-state index contributed by atoms with van der Waals surface area (Å²) in [6.45, 7) is 1.52. The lowest BCUT2D eigenvalue weighted by molar-refractivity contribution is -0.127. The molecule has 2 aromatic heterocycles. The molecule has 1 atom stereocenters. The minimum absolute atomic E-state index is 0.135. The lowest BCUT2D eigenvalue weighted by Gasteiger charge is -2.32. The number of carbonyl (C=O) groups is 2. The van der Waals surface area contributed by atoms with Crippen LogP contribution in [0.1, 0.15) is 6.92 Å². The van der Waals surface area contributed by atoms with Crippen LogP contribution in [-0.4, -0.2) is 29.4 Å². The fourth-order valence-electron chi connectivity index (χ4n) is 2.79. The Morgan fingerprint density at radius 2 is 2.14 bits per heavy atom. The number of fused-ring (bicyclic) bond motifs is 1. The van der Waals surface area contributed by atoms with Crippen LogP contribution in [0.5, 0.6) is 5.75 Å². The summed E-state index contributed by atoms with van der Waals surface area (Å²) >= 11 is 14.7. The molecule has 0 radical (unpaired) electrons. The van der Waals surface area contributed by atoms with Crippen molar-refractivity contribution in [2.75, 3.05) is 16.8 Å². The van der Waals surface area contributed by atoms with E-state index in [0.29, 0.717) is 30.9 Å². The second kappa shape index (κ2) is 7.71. The largest absolute Gasteiger partial charge is 0.479 e. The summed E-state index contributed by atoms with van der Waals surface area (Å²) < 4.78 is 6.69. The molecule has 0 aliphatic carbocycles. The van der Waals surface area contributed by atoms with Gasteiger partial charge in [0, 0.05) is 10.9 Å². The summed E-state index contributed by atoms with van der Waals surface area (Å²) in [6, 6.07) is 8.86. The van der Waals surface area contributed by atoms with E-state index < -0.39 is 6.10 Å². The number of ether oxygens (including phenoxy) is 1. The average molecular weight is 454 g/mol. The van der Waals surface area contributed by atoms with Gasteiger partial charge in [0.25, 0.3) is 5.91 Å². The highest BCUT2D eigenvalue weighted by atomic mass is 35.5. The first-order valence-electron chi connectivity index (χ1n) is 8.20. The maximum Gasteiger partial charge on any atom is 0.268 e. The average Bonchev–Trinajstić information content (AvgIpc) is 3.24. The number of nitrogens with one attached hydrogen (secondary N) is 1. The van der Waals surface area contributed by atoms with Crippen molar-refractivity contribution in [1.29, 1.82) is 0 Å². The molecule has 2 amide bonds. The summed E-state index contributed by atoms with van der Waals surface area (Å²) in [5.74, 6) is -0.0520. The van der Waals surface area contributed by atoms with E-state index in [2.05, 4.69) is 10.3 Å². The van der Waals surface area contributed by atoms with E-state index in [1.807, 2.05) is 6.07 Å². The molecule has 6 nitrogen and oxygen atoms in total. The molecule has 144 valence electrons. The molecule has 0 saturated heterocycles. The summed E-state index contributed by atoms with van der Waals surface area (Å²) in [7, 11) is 0. The zero-order chi connectivity index (χ0) is 19.8. The van der Waals surface area contributed by atoms with Gasteiger partial charge in [0.15, 0.2) is 11.2 Å². The Hall–Kier alpha value is -2.13. The molecular formula is C18H13Cl2N3O3S2. The van der Waals surface area contributed by atoms with E-state index >= 15 is 0 Å². The zero-order valence-corrected chi connectivity index (χ0v) is 17.6. The standard InChI is InChI=1S/C18H13Cl2N3O3S2/c1-9-17(25)23(12-4-2-3-5-13(12)26-9)7-15(24)22-18-21-11(8-27-18)10-6-14(19)28-16(10)20/h2-6,8-9H,7H2,1H3,(H,21,22,24)/t9-/m1/s1. The minimum atomic E-state index is -0.653. The van der Waals surface area contributed by atoms with Crippen molar-refractivity contribution in [2.24, 2.45) is 0 Å². The molecule has 1 aliphatic rings. The Bertz CT molecular complexity index is 1070. The molecule has 0 unspecified atom stereocenters. The predicted molar refractivity (Wildman–Crippen MR) is 113 cm³/mol. The molecule has 3 aromatic rings. The van der Waals surface area contributed by atoms with Gasteiger partial charge in [-0.15, -0.1) is 22.7 Å². The zero-order valence-electron chi connectivity index (χ0n) is 14.4. The number of nitrogens with zero attached hydrogens (tertiary/aromatic N) is 2. The first-order chi connectivity index (χ1) is 13.4. The third-order valence-corrected chi connectivity index (χ3v) is 6.30. The molecule has 0 bridgehead atoms. The van der Waals surface area contributed by atoms with Crippen LogP contribution >= 0.6 is 45.9 Å². The lowest BCUT2D eigenvalue weighted by Crippen LogP contribution is -2.47. The first-order valence-corrected chi connectivity index (χ1v) is 10.6. The fraction of sp³-hybridized carbons (Fsp3) is 0.167. The van der Waals surface area contributed by atoms with Crippen molar-refractivity contribution < 1.29 is 14.3 Å². The van der Waals surface area contributed by atoms with Crippen LogP contribution in [0.4, 0.5) is 10.8 Å².